The van der Waals surface area contributed by atoms with E-state index in [1.165, 1.54) is 0 Å². The van der Waals surface area contributed by atoms with Crippen molar-refractivity contribution in [3.8, 4) is 0 Å². The van der Waals surface area contributed by atoms with Crippen LogP contribution < -0.4 is 10.0 Å². The summed E-state index contributed by atoms with van der Waals surface area (Å²) in [5.74, 6) is 0.613. The van der Waals surface area contributed by atoms with Gasteiger partial charge in [-0.3, -0.25) is 0 Å². The first-order chi connectivity index (χ1) is 10.0. The Morgan fingerprint density at radius 3 is 2.57 bits per heavy atom. The van der Waals surface area contributed by atoms with Gasteiger partial charge >= 0.3 is 0 Å². The van der Waals surface area contributed by atoms with Crippen LogP contribution >= 0.6 is 15.9 Å². The van der Waals surface area contributed by atoms with Crippen molar-refractivity contribution in [2.24, 2.45) is 0 Å². The van der Waals surface area contributed by atoms with Crippen LogP contribution in [0.15, 0.2) is 20.0 Å². The number of furan rings is 1. The topological polar surface area (TPSA) is 71.3 Å². The predicted molar refractivity (Wildman–Crippen MR) is 87.7 cm³/mol. The van der Waals surface area contributed by atoms with Gasteiger partial charge in [0.15, 0.2) is 4.67 Å². The molecule has 0 saturated carbocycles. The fourth-order valence-electron chi connectivity index (χ4n) is 1.89. The van der Waals surface area contributed by atoms with Crippen molar-refractivity contribution in [1.82, 2.24) is 10.0 Å². The Kier molecular flexibility index (Phi) is 8.55. The maximum atomic E-state index is 12.2. The predicted octanol–water partition coefficient (Wildman–Crippen LogP) is 3.40. The number of nitrogens with one attached hydrogen (secondary N) is 2. The average Bonchev–Trinajstić information content (AvgIpc) is 2.81. The zero-order chi connectivity index (χ0) is 15.7. The van der Waals surface area contributed by atoms with Gasteiger partial charge in [0.25, 0.3) is 0 Å². The zero-order valence-electron chi connectivity index (χ0n) is 12.7. The normalized spacial score (nSPS) is 12.0. The molecule has 0 spiro atoms. The minimum atomic E-state index is -3.51. The number of sulfonamides is 1. The van der Waals surface area contributed by atoms with Gasteiger partial charge in [0.05, 0.1) is 6.54 Å². The van der Waals surface area contributed by atoms with E-state index >= 15 is 0 Å². The molecule has 0 aromatic carbocycles. The standard InChI is InChI=1S/C14H25BrN2O3S/c1-3-5-6-7-9-17-21(18,19)13-10-12(20-14(13)15)11-16-8-4-2/h10,16-17H,3-9,11H2,1-2H3. The highest BCUT2D eigenvalue weighted by Crippen LogP contribution is 2.26. The monoisotopic (exact) mass is 380 g/mol. The summed E-state index contributed by atoms with van der Waals surface area (Å²) in [4.78, 5) is 0.172. The molecule has 5 nitrogen and oxygen atoms in total. The van der Waals surface area contributed by atoms with Crippen molar-refractivity contribution >= 4 is 26.0 Å². The van der Waals surface area contributed by atoms with Crippen LogP contribution in [0.3, 0.4) is 0 Å². The third-order valence-corrected chi connectivity index (χ3v) is 5.36. The molecule has 1 aromatic rings. The van der Waals surface area contributed by atoms with Crippen molar-refractivity contribution in [3.63, 3.8) is 0 Å². The summed E-state index contributed by atoms with van der Waals surface area (Å²) < 4.78 is 32.7. The van der Waals surface area contributed by atoms with E-state index in [4.69, 9.17) is 4.42 Å². The first-order valence-electron chi connectivity index (χ1n) is 7.49. The largest absolute Gasteiger partial charge is 0.452 e. The van der Waals surface area contributed by atoms with Crippen molar-refractivity contribution < 1.29 is 12.8 Å². The van der Waals surface area contributed by atoms with Crippen LogP contribution in [0.2, 0.25) is 0 Å². The van der Waals surface area contributed by atoms with Crippen LogP contribution in [0.4, 0.5) is 0 Å². The van der Waals surface area contributed by atoms with Crippen molar-refractivity contribution in [2.75, 3.05) is 13.1 Å². The van der Waals surface area contributed by atoms with Crippen molar-refractivity contribution in [1.29, 1.82) is 0 Å². The molecule has 0 atom stereocenters. The third-order valence-electron chi connectivity index (χ3n) is 3.04. The SMILES string of the molecule is CCCCCCNS(=O)(=O)c1cc(CNCCC)oc1Br. The highest BCUT2D eigenvalue weighted by molar-refractivity contribution is 9.10. The second-order valence-electron chi connectivity index (χ2n) is 4.99. The number of unbranched alkanes of at least 4 members (excludes halogenated alkanes) is 3. The first-order valence-corrected chi connectivity index (χ1v) is 9.77. The molecule has 0 aliphatic rings. The Labute approximate surface area is 136 Å². The zero-order valence-corrected chi connectivity index (χ0v) is 15.1. The Morgan fingerprint density at radius 2 is 1.90 bits per heavy atom. The number of hydrogen-bond donors (Lipinski definition) is 2. The molecular formula is C14H25BrN2O3S. The van der Waals surface area contributed by atoms with Crippen molar-refractivity contribution in [3.05, 3.63) is 16.5 Å². The van der Waals surface area contributed by atoms with Gasteiger partial charge in [0.2, 0.25) is 10.0 Å². The van der Waals surface area contributed by atoms with Gasteiger partial charge in [-0.25, -0.2) is 13.1 Å². The minimum absolute atomic E-state index is 0.172. The summed E-state index contributed by atoms with van der Waals surface area (Å²) in [5, 5.41) is 3.18. The van der Waals surface area contributed by atoms with E-state index in [1.807, 2.05) is 0 Å². The minimum Gasteiger partial charge on any atom is -0.452 e. The summed E-state index contributed by atoms with van der Waals surface area (Å²) >= 11 is 3.18. The fourth-order valence-corrected chi connectivity index (χ4v) is 3.96. The summed E-state index contributed by atoms with van der Waals surface area (Å²) in [6.45, 7) is 6.06. The highest BCUT2D eigenvalue weighted by Gasteiger charge is 2.21. The van der Waals surface area contributed by atoms with E-state index in [1.54, 1.807) is 6.07 Å². The Morgan fingerprint density at radius 1 is 1.14 bits per heavy atom. The Bertz CT molecular complexity index is 514. The van der Waals surface area contributed by atoms with Crippen LogP contribution in [0.25, 0.3) is 0 Å². The molecule has 1 aromatic heterocycles. The molecule has 0 amide bonds. The molecule has 0 aliphatic heterocycles. The van der Waals surface area contributed by atoms with Crippen LogP contribution in [0, 0.1) is 0 Å². The molecule has 21 heavy (non-hydrogen) atoms. The van der Waals surface area contributed by atoms with Crippen LogP contribution in [-0.2, 0) is 16.6 Å². The second kappa shape index (κ2) is 9.61. The summed E-state index contributed by atoms with van der Waals surface area (Å²) in [6.07, 6.45) is 5.18. The summed E-state index contributed by atoms with van der Waals surface area (Å²) in [5.41, 5.74) is 0. The van der Waals surface area contributed by atoms with E-state index in [2.05, 4.69) is 39.8 Å². The maximum Gasteiger partial charge on any atom is 0.244 e. The molecule has 7 heteroatoms. The van der Waals surface area contributed by atoms with Gasteiger partial charge in [-0.05, 0) is 35.3 Å². The lowest BCUT2D eigenvalue weighted by Crippen LogP contribution is -2.24. The molecule has 0 radical (unpaired) electrons. The number of hydrogen-bond acceptors (Lipinski definition) is 4. The second-order valence-corrected chi connectivity index (χ2v) is 7.44. The van der Waals surface area contributed by atoms with Crippen LogP contribution in [0.5, 0.6) is 0 Å². The van der Waals surface area contributed by atoms with E-state index in [-0.39, 0.29) is 9.56 Å². The summed E-state index contributed by atoms with van der Waals surface area (Å²) in [7, 11) is -3.51. The van der Waals surface area contributed by atoms with Crippen LogP contribution in [0.1, 0.15) is 51.7 Å². The fraction of sp³-hybridized carbons (Fsp3) is 0.714. The van der Waals surface area contributed by atoms with E-state index < -0.39 is 10.0 Å². The van der Waals surface area contributed by atoms with Gasteiger partial charge in [-0.2, -0.15) is 0 Å². The first kappa shape index (κ1) is 18.7. The third kappa shape index (κ3) is 6.50. The Balaban J connectivity index is 2.57. The van der Waals surface area contributed by atoms with Gasteiger partial charge in [0.1, 0.15) is 10.7 Å². The average molecular weight is 381 g/mol. The molecular weight excluding hydrogens is 356 g/mol. The molecule has 1 rings (SSSR count). The molecule has 0 unspecified atom stereocenters. The lowest BCUT2D eigenvalue weighted by Gasteiger charge is -2.04. The molecule has 0 saturated heterocycles. The van der Waals surface area contributed by atoms with Crippen molar-refractivity contribution in [2.45, 2.75) is 57.4 Å². The number of rotatable bonds is 11. The smallest absolute Gasteiger partial charge is 0.244 e. The van der Waals surface area contributed by atoms with Gasteiger partial charge in [-0.15, -0.1) is 0 Å². The van der Waals surface area contributed by atoms with Gasteiger partial charge < -0.3 is 9.73 Å². The molecule has 0 bridgehead atoms. The van der Waals surface area contributed by atoms with Gasteiger partial charge in [-0.1, -0.05) is 33.1 Å². The quantitative estimate of drug-likeness (QED) is 0.577. The van der Waals surface area contributed by atoms with E-state index in [9.17, 15) is 8.42 Å². The summed E-state index contributed by atoms with van der Waals surface area (Å²) in [6, 6.07) is 1.57. The van der Waals surface area contributed by atoms with E-state index in [0.717, 1.165) is 38.6 Å². The molecule has 0 aliphatic carbocycles. The number of halogens is 1. The maximum absolute atomic E-state index is 12.2. The van der Waals surface area contributed by atoms with Crippen LogP contribution in [-0.4, -0.2) is 21.5 Å². The molecule has 0 fully saturated rings. The molecule has 122 valence electrons. The highest BCUT2D eigenvalue weighted by atomic mass is 79.9. The lowest BCUT2D eigenvalue weighted by atomic mass is 10.2. The lowest BCUT2D eigenvalue weighted by molar-refractivity contribution is 0.461. The molecule has 1 heterocycles. The van der Waals surface area contributed by atoms with E-state index in [0.29, 0.717) is 18.8 Å². The molecule has 2 N–H and O–H groups in total. The van der Waals surface area contributed by atoms with Gasteiger partial charge in [0, 0.05) is 12.6 Å². The Hall–Kier alpha value is -0.370.